The van der Waals surface area contributed by atoms with Gasteiger partial charge in [-0.05, 0) is 39.4 Å². The van der Waals surface area contributed by atoms with Gasteiger partial charge in [0.25, 0.3) is 0 Å². The van der Waals surface area contributed by atoms with Gasteiger partial charge in [0.2, 0.25) is 0 Å². The Balaban J connectivity index is 3.59. The Morgan fingerprint density at radius 3 is 2.47 bits per heavy atom. The molecule has 0 rings (SSSR count). The molecule has 0 aliphatic carbocycles. The second kappa shape index (κ2) is 9.39. The van der Waals surface area contributed by atoms with Crippen LogP contribution in [0.15, 0.2) is 0 Å². The first-order valence-electron chi connectivity index (χ1n) is 6.45. The fourth-order valence-electron chi connectivity index (χ4n) is 1.68. The number of hydrogen-bond donors (Lipinski definition) is 3. The molecule has 0 amide bonds. The van der Waals surface area contributed by atoms with Crippen molar-refractivity contribution in [2.45, 2.75) is 45.7 Å². The fraction of sp³-hybridized carbons (Fsp3) is 0.917. The third-order valence-corrected chi connectivity index (χ3v) is 3.01. The quantitative estimate of drug-likeness (QED) is 0.522. The third-order valence-electron chi connectivity index (χ3n) is 3.01. The molecule has 0 saturated carbocycles. The standard InChI is InChI=1S/C12H27N3O2/c1-4-15(5-2)8-6-7-10(3)14-9-11(13)12(16)17/h10-11,14H,4-9,13H2,1-3H3,(H,16,17). The van der Waals surface area contributed by atoms with Gasteiger partial charge in [-0.2, -0.15) is 0 Å². The van der Waals surface area contributed by atoms with E-state index in [0.717, 1.165) is 32.5 Å². The smallest absolute Gasteiger partial charge is 0.321 e. The van der Waals surface area contributed by atoms with Gasteiger partial charge in [-0.3, -0.25) is 4.79 Å². The number of hydrogen-bond acceptors (Lipinski definition) is 4. The minimum Gasteiger partial charge on any atom is -0.480 e. The van der Waals surface area contributed by atoms with E-state index in [-0.39, 0.29) is 0 Å². The lowest BCUT2D eigenvalue weighted by Gasteiger charge is -2.20. The molecular weight excluding hydrogens is 218 g/mol. The first-order valence-corrected chi connectivity index (χ1v) is 6.45. The van der Waals surface area contributed by atoms with Gasteiger partial charge in [0.1, 0.15) is 6.04 Å². The van der Waals surface area contributed by atoms with Gasteiger partial charge < -0.3 is 21.1 Å². The Kier molecular flexibility index (Phi) is 9.03. The maximum Gasteiger partial charge on any atom is 0.321 e. The molecule has 102 valence electrons. The Morgan fingerprint density at radius 2 is 2.00 bits per heavy atom. The van der Waals surface area contributed by atoms with Crippen molar-refractivity contribution in [1.82, 2.24) is 10.2 Å². The highest BCUT2D eigenvalue weighted by atomic mass is 16.4. The monoisotopic (exact) mass is 245 g/mol. The van der Waals surface area contributed by atoms with Gasteiger partial charge in [0.05, 0.1) is 0 Å². The summed E-state index contributed by atoms with van der Waals surface area (Å²) in [4.78, 5) is 12.9. The largest absolute Gasteiger partial charge is 0.480 e. The maximum absolute atomic E-state index is 10.5. The molecule has 2 atom stereocenters. The third kappa shape index (κ3) is 8.12. The van der Waals surface area contributed by atoms with E-state index in [9.17, 15) is 4.79 Å². The number of carboxylic acids is 1. The van der Waals surface area contributed by atoms with E-state index in [1.807, 2.05) is 0 Å². The normalized spacial score (nSPS) is 14.9. The molecule has 0 aromatic carbocycles. The van der Waals surface area contributed by atoms with E-state index in [4.69, 9.17) is 10.8 Å². The molecule has 5 heteroatoms. The lowest BCUT2D eigenvalue weighted by atomic mass is 10.1. The second-order valence-electron chi connectivity index (χ2n) is 4.42. The molecule has 5 nitrogen and oxygen atoms in total. The average molecular weight is 245 g/mol. The van der Waals surface area contributed by atoms with Crippen LogP contribution in [0.2, 0.25) is 0 Å². The van der Waals surface area contributed by atoms with Crippen LogP contribution in [0.5, 0.6) is 0 Å². The minimum atomic E-state index is -0.951. The summed E-state index contributed by atoms with van der Waals surface area (Å²) in [5.74, 6) is -0.951. The van der Waals surface area contributed by atoms with Crippen molar-refractivity contribution in [3.63, 3.8) is 0 Å². The van der Waals surface area contributed by atoms with Crippen LogP contribution in [0, 0.1) is 0 Å². The predicted octanol–water partition coefficient (Wildman–Crippen LogP) is 0.498. The summed E-state index contributed by atoms with van der Waals surface area (Å²) in [7, 11) is 0. The Hall–Kier alpha value is -0.650. The number of carbonyl (C=O) groups is 1. The summed E-state index contributed by atoms with van der Waals surface area (Å²) in [6, 6.07) is -0.490. The van der Waals surface area contributed by atoms with Gasteiger partial charge in [0, 0.05) is 12.6 Å². The molecule has 0 aliphatic rings. The van der Waals surface area contributed by atoms with Crippen molar-refractivity contribution >= 4 is 5.97 Å². The van der Waals surface area contributed by atoms with Crippen LogP contribution >= 0.6 is 0 Å². The van der Waals surface area contributed by atoms with E-state index in [1.54, 1.807) is 0 Å². The zero-order chi connectivity index (χ0) is 13.3. The molecule has 4 N–H and O–H groups in total. The lowest BCUT2D eigenvalue weighted by Crippen LogP contribution is -2.43. The number of aliphatic carboxylic acids is 1. The van der Waals surface area contributed by atoms with Crippen LogP contribution in [0.3, 0.4) is 0 Å². The molecule has 0 aliphatic heterocycles. The molecule has 0 aromatic heterocycles. The molecule has 0 radical (unpaired) electrons. The van der Waals surface area contributed by atoms with Crippen LogP contribution in [-0.4, -0.2) is 54.2 Å². The Labute approximate surface area is 104 Å². The molecule has 0 aromatic rings. The molecule has 2 unspecified atom stereocenters. The number of nitrogens with zero attached hydrogens (tertiary/aromatic N) is 1. The highest BCUT2D eigenvalue weighted by Crippen LogP contribution is 1.99. The van der Waals surface area contributed by atoms with Gasteiger partial charge >= 0.3 is 5.97 Å². The first kappa shape index (κ1) is 16.4. The SMILES string of the molecule is CCN(CC)CCCC(C)NCC(N)C(=O)O. The number of carboxylic acid groups (broad SMARTS) is 1. The van der Waals surface area contributed by atoms with Crippen LogP contribution in [0.4, 0.5) is 0 Å². The summed E-state index contributed by atoms with van der Waals surface area (Å²) >= 11 is 0. The summed E-state index contributed by atoms with van der Waals surface area (Å²) in [5.41, 5.74) is 5.41. The zero-order valence-electron chi connectivity index (χ0n) is 11.3. The van der Waals surface area contributed by atoms with Crippen molar-refractivity contribution in [1.29, 1.82) is 0 Å². The van der Waals surface area contributed by atoms with Gasteiger partial charge in [-0.15, -0.1) is 0 Å². The topological polar surface area (TPSA) is 78.6 Å². The lowest BCUT2D eigenvalue weighted by molar-refractivity contribution is -0.138. The predicted molar refractivity (Wildman–Crippen MR) is 70.1 cm³/mol. The van der Waals surface area contributed by atoms with Gasteiger partial charge in [-0.1, -0.05) is 13.8 Å². The van der Waals surface area contributed by atoms with Gasteiger partial charge in [0.15, 0.2) is 0 Å². The molecule has 0 saturated heterocycles. The number of nitrogens with two attached hydrogens (primary N) is 1. The molecule has 0 bridgehead atoms. The van der Waals surface area contributed by atoms with Crippen molar-refractivity contribution < 1.29 is 9.90 Å². The molecule has 17 heavy (non-hydrogen) atoms. The zero-order valence-corrected chi connectivity index (χ0v) is 11.3. The molecule has 0 spiro atoms. The second-order valence-corrected chi connectivity index (χ2v) is 4.42. The van der Waals surface area contributed by atoms with Crippen molar-refractivity contribution in [2.24, 2.45) is 5.73 Å². The Bertz CT molecular complexity index is 208. The molecular formula is C12H27N3O2. The van der Waals surface area contributed by atoms with E-state index in [1.165, 1.54) is 0 Å². The number of rotatable bonds is 10. The summed E-state index contributed by atoms with van der Waals surface area (Å²) in [6.45, 7) is 10.0. The summed E-state index contributed by atoms with van der Waals surface area (Å²) < 4.78 is 0. The number of nitrogens with one attached hydrogen (secondary N) is 1. The molecule has 0 fully saturated rings. The first-order chi connectivity index (χ1) is 8.01. The van der Waals surface area contributed by atoms with E-state index in [0.29, 0.717) is 12.6 Å². The van der Waals surface area contributed by atoms with Gasteiger partial charge in [-0.25, -0.2) is 0 Å². The van der Waals surface area contributed by atoms with E-state index >= 15 is 0 Å². The highest BCUT2D eigenvalue weighted by Gasteiger charge is 2.12. The minimum absolute atomic E-state index is 0.316. The van der Waals surface area contributed by atoms with Crippen LogP contribution in [0.1, 0.15) is 33.6 Å². The molecule has 0 heterocycles. The highest BCUT2D eigenvalue weighted by molar-refractivity contribution is 5.73. The maximum atomic E-state index is 10.5. The van der Waals surface area contributed by atoms with Crippen LogP contribution in [0.25, 0.3) is 0 Å². The van der Waals surface area contributed by atoms with Crippen LogP contribution in [-0.2, 0) is 4.79 Å². The summed E-state index contributed by atoms with van der Waals surface area (Å²) in [5, 5.41) is 11.8. The Morgan fingerprint density at radius 1 is 1.41 bits per heavy atom. The van der Waals surface area contributed by atoms with Crippen LogP contribution < -0.4 is 11.1 Å². The summed E-state index contributed by atoms with van der Waals surface area (Å²) in [6.07, 6.45) is 2.17. The average Bonchev–Trinajstić information content (AvgIpc) is 2.31. The fourth-order valence-corrected chi connectivity index (χ4v) is 1.68. The van der Waals surface area contributed by atoms with E-state index < -0.39 is 12.0 Å². The van der Waals surface area contributed by atoms with Crippen molar-refractivity contribution in [3.05, 3.63) is 0 Å². The van der Waals surface area contributed by atoms with Crippen molar-refractivity contribution in [2.75, 3.05) is 26.2 Å². The van der Waals surface area contributed by atoms with Crippen molar-refractivity contribution in [3.8, 4) is 0 Å². The van der Waals surface area contributed by atoms with E-state index in [2.05, 4.69) is 31.0 Å².